The van der Waals surface area contributed by atoms with Crippen molar-refractivity contribution in [2.45, 2.75) is 38.5 Å². The Morgan fingerprint density at radius 3 is 2.44 bits per heavy atom. The number of aromatic nitrogens is 1. The molecule has 0 aliphatic carbocycles. The Balaban J connectivity index is 1.84. The van der Waals surface area contributed by atoms with E-state index in [1.165, 1.54) is 13.1 Å². The van der Waals surface area contributed by atoms with E-state index in [-0.39, 0.29) is 25.3 Å². The third-order valence-corrected chi connectivity index (χ3v) is 6.32. The molecule has 0 fully saturated rings. The zero-order valence-corrected chi connectivity index (χ0v) is 20.4. The third kappa shape index (κ3) is 6.82. The molecule has 1 heterocycles. The lowest BCUT2D eigenvalue weighted by Gasteiger charge is -2.24. The van der Waals surface area contributed by atoms with Crippen LogP contribution in [-0.4, -0.2) is 26.7 Å². The van der Waals surface area contributed by atoms with Crippen LogP contribution in [0.2, 0.25) is 0 Å². The van der Waals surface area contributed by atoms with Crippen molar-refractivity contribution in [3.05, 3.63) is 88.6 Å². The second-order valence-corrected chi connectivity index (χ2v) is 9.17. The first-order chi connectivity index (χ1) is 17.0. The molecule has 2 aromatic carbocycles. The topological polar surface area (TPSA) is 109 Å². The van der Waals surface area contributed by atoms with Crippen LogP contribution in [0.1, 0.15) is 40.3 Å². The van der Waals surface area contributed by atoms with E-state index in [4.69, 9.17) is 10.5 Å². The predicted molar refractivity (Wildman–Crippen MR) is 129 cm³/mol. The monoisotopic (exact) mass is 520 g/mol. The van der Waals surface area contributed by atoms with E-state index in [9.17, 15) is 26.7 Å². The Kier molecular flexibility index (Phi) is 8.70. The lowest BCUT2D eigenvalue weighted by molar-refractivity contribution is -0.141. The number of primary amides is 1. The molecule has 0 saturated heterocycles. The van der Waals surface area contributed by atoms with Crippen LogP contribution in [0.4, 0.5) is 18.9 Å². The maximum Gasteiger partial charge on any atom is 0.433 e. The molecule has 0 aliphatic rings. The molecule has 1 aromatic heterocycles. The van der Waals surface area contributed by atoms with Crippen LogP contribution in [0.3, 0.4) is 0 Å². The molecule has 0 radical (unpaired) electrons. The minimum Gasteiger partial charge on any atom is -0.755 e. The highest BCUT2D eigenvalue weighted by Gasteiger charge is 2.33. The molecule has 3 aromatic rings. The molecule has 36 heavy (non-hydrogen) atoms. The van der Waals surface area contributed by atoms with Crippen LogP contribution in [-0.2, 0) is 35.3 Å². The zero-order valence-electron chi connectivity index (χ0n) is 19.6. The second-order valence-electron chi connectivity index (χ2n) is 8.19. The van der Waals surface area contributed by atoms with Crippen molar-refractivity contribution >= 4 is 22.9 Å². The number of ether oxygens (including phenoxy) is 1. The lowest BCUT2D eigenvalue weighted by atomic mass is 9.90. The standard InChI is InChI=1S/C25H26F3N3O4S/c1-16-14-19(9-12-21(16)31(2)36(33)34)20(23(29)32)11-8-18-10-13-22(25(26,27)28)30-24(18)35-15-17-6-4-3-5-7-17/h3-7,9-10,12-14,20H,8,11,15H2,1-2H3,(H2,29,32)(H,33,34)/p-1. The molecule has 0 saturated carbocycles. The van der Waals surface area contributed by atoms with Gasteiger partial charge >= 0.3 is 6.18 Å². The number of nitrogens with two attached hydrogens (primary N) is 1. The van der Waals surface area contributed by atoms with Gasteiger partial charge < -0.3 is 19.3 Å². The van der Waals surface area contributed by atoms with Gasteiger partial charge in [-0.25, -0.2) is 4.98 Å². The van der Waals surface area contributed by atoms with E-state index in [0.717, 1.165) is 15.9 Å². The number of hydrogen-bond acceptors (Lipinski definition) is 5. The summed E-state index contributed by atoms with van der Waals surface area (Å²) in [6, 6.07) is 16.0. The maximum absolute atomic E-state index is 13.3. The molecule has 7 nitrogen and oxygen atoms in total. The van der Waals surface area contributed by atoms with Crippen LogP contribution in [0.25, 0.3) is 0 Å². The number of benzene rings is 2. The molecule has 2 unspecified atom stereocenters. The fraction of sp³-hybridized carbons (Fsp3) is 0.280. The van der Waals surface area contributed by atoms with Crippen molar-refractivity contribution < 1.29 is 31.5 Å². The predicted octanol–water partition coefficient (Wildman–Crippen LogP) is 4.42. The highest BCUT2D eigenvalue weighted by Crippen LogP contribution is 2.33. The molecule has 192 valence electrons. The number of rotatable bonds is 10. The first-order valence-electron chi connectivity index (χ1n) is 10.9. The summed E-state index contributed by atoms with van der Waals surface area (Å²) in [5.74, 6) is -1.54. The van der Waals surface area contributed by atoms with Gasteiger partial charge in [-0.05, 0) is 48.6 Å². The van der Waals surface area contributed by atoms with Crippen molar-refractivity contribution in [1.29, 1.82) is 0 Å². The number of anilines is 1. The second kappa shape index (κ2) is 11.5. The summed E-state index contributed by atoms with van der Waals surface area (Å²) in [4.78, 5) is 15.9. The number of aryl methyl sites for hydroxylation is 2. The highest BCUT2D eigenvalue weighted by atomic mass is 32.2. The van der Waals surface area contributed by atoms with Gasteiger partial charge in [0, 0.05) is 23.9 Å². The largest absolute Gasteiger partial charge is 0.755 e. The molecular weight excluding hydrogens is 495 g/mol. The molecule has 0 bridgehead atoms. The summed E-state index contributed by atoms with van der Waals surface area (Å²) in [6.07, 6.45) is -4.28. The Hall–Kier alpha value is -3.44. The third-order valence-electron chi connectivity index (χ3n) is 5.68. The fourth-order valence-corrected chi connectivity index (χ4v) is 4.14. The molecule has 11 heteroatoms. The van der Waals surface area contributed by atoms with E-state index in [2.05, 4.69) is 4.98 Å². The summed E-state index contributed by atoms with van der Waals surface area (Å²) >= 11 is -2.46. The first-order valence-corrected chi connectivity index (χ1v) is 12.0. The normalized spacial score (nSPS) is 13.2. The van der Waals surface area contributed by atoms with Crippen LogP contribution >= 0.6 is 0 Å². The number of pyridine rings is 1. The van der Waals surface area contributed by atoms with Crippen molar-refractivity contribution in [2.24, 2.45) is 5.73 Å². The molecule has 2 N–H and O–H groups in total. The number of carbonyl (C=O) groups excluding carboxylic acids is 1. The lowest BCUT2D eigenvalue weighted by Crippen LogP contribution is -2.23. The van der Waals surface area contributed by atoms with E-state index in [1.807, 2.05) is 6.07 Å². The summed E-state index contributed by atoms with van der Waals surface area (Å²) in [5, 5.41) is 0. The van der Waals surface area contributed by atoms with Gasteiger partial charge in [0.2, 0.25) is 11.8 Å². The zero-order chi connectivity index (χ0) is 26.5. The van der Waals surface area contributed by atoms with Crippen LogP contribution < -0.4 is 14.8 Å². The van der Waals surface area contributed by atoms with E-state index >= 15 is 0 Å². The van der Waals surface area contributed by atoms with E-state index in [1.54, 1.807) is 49.4 Å². The Labute approximate surface area is 209 Å². The number of hydrogen-bond donors (Lipinski definition) is 1. The van der Waals surface area contributed by atoms with Crippen molar-refractivity contribution in [2.75, 3.05) is 11.4 Å². The smallest absolute Gasteiger partial charge is 0.433 e. The van der Waals surface area contributed by atoms with Crippen LogP contribution in [0.15, 0.2) is 60.7 Å². The molecule has 0 aliphatic heterocycles. The van der Waals surface area contributed by atoms with Crippen LogP contribution in [0.5, 0.6) is 5.88 Å². The van der Waals surface area contributed by atoms with Gasteiger partial charge in [-0.1, -0.05) is 48.5 Å². The minimum absolute atomic E-state index is 0.0245. The Morgan fingerprint density at radius 2 is 1.86 bits per heavy atom. The number of carbonyl (C=O) groups is 1. The van der Waals surface area contributed by atoms with Gasteiger partial charge in [0.25, 0.3) is 0 Å². The summed E-state index contributed by atoms with van der Waals surface area (Å²) < 4.78 is 69.0. The Bertz CT molecular complexity index is 1240. The highest BCUT2D eigenvalue weighted by molar-refractivity contribution is 7.80. The number of nitrogens with zero attached hydrogens (tertiary/aromatic N) is 2. The van der Waals surface area contributed by atoms with Gasteiger partial charge in [0.15, 0.2) is 0 Å². The average Bonchev–Trinajstić information content (AvgIpc) is 2.82. The first kappa shape index (κ1) is 27.2. The van der Waals surface area contributed by atoms with Gasteiger partial charge in [-0.15, -0.1) is 0 Å². The molecular formula is C25H25F3N3O4S-. The maximum atomic E-state index is 13.3. The fourth-order valence-electron chi connectivity index (χ4n) is 3.77. The SMILES string of the molecule is Cc1cc(C(CCc2ccc(C(F)(F)F)nc2OCc2ccccc2)C(N)=O)ccc1N(C)S(=O)[O-]. The Morgan fingerprint density at radius 1 is 1.17 bits per heavy atom. The van der Waals surface area contributed by atoms with E-state index < -0.39 is 35.0 Å². The number of halogens is 3. The van der Waals surface area contributed by atoms with Crippen molar-refractivity contribution in [3.63, 3.8) is 0 Å². The van der Waals surface area contributed by atoms with Gasteiger partial charge in [-0.3, -0.25) is 9.00 Å². The van der Waals surface area contributed by atoms with Crippen molar-refractivity contribution in [3.8, 4) is 5.88 Å². The molecule has 1 amide bonds. The molecule has 2 atom stereocenters. The van der Waals surface area contributed by atoms with Gasteiger partial charge in [-0.2, -0.15) is 13.2 Å². The average molecular weight is 521 g/mol. The van der Waals surface area contributed by atoms with Gasteiger partial charge in [0.1, 0.15) is 12.3 Å². The van der Waals surface area contributed by atoms with E-state index in [0.29, 0.717) is 22.4 Å². The summed E-state index contributed by atoms with van der Waals surface area (Å²) in [6.45, 7) is 1.73. The van der Waals surface area contributed by atoms with Crippen LogP contribution in [0, 0.1) is 6.92 Å². The van der Waals surface area contributed by atoms with Crippen molar-refractivity contribution in [1.82, 2.24) is 4.98 Å². The van der Waals surface area contributed by atoms with Gasteiger partial charge in [0.05, 0.1) is 11.6 Å². The number of amides is 1. The minimum atomic E-state index is -4.64. The summed E-state index contributed by atoms with van der Waals surface area (Å²) in [5.41, 5.74) is 7.36. The number of alkyl halides is 3. The molecule has 0 spiro atoms. The summed E-state index contributed by atoms with van der Waals surface area (Å²) in [7, 11) is 1.39. The quantitative estimate of drug-likeness (QED) is 0.398. The molecule has 3 rings (SSSR count).